The molecule has 1 N–H and O–H groups in total. The highest BCUT2D eigenvalue weighted by atomic mass is 32.2. The van der Waals surface area contributed by atoms with Crippen molar-refractivity contribution >= 4 is 27.3 Å². The van der Waals surface area contributed by atoms with Gasteiger partial charge in [-0.25, -0.2) is 8.42 Å². The van der Waals surface area contributed by atoms with Gasteiger partial charge in [0, 0.05) is 27.2 Å². The zero-order valence-electron chi connectivity index (χ0n) is 18.5. The van der Waals surface area contributed by atoms with Crippen molar-refractivity contribution in [1.29, 1.82) is 0 Å². The molecule has 2 atom stereocenters. The SMILES string of the molecule is CCN(CC)S(=O)(=O)c1ccc(N(C)C)c(NC(=O)[C@@H]2Oc3ccccc3O[C@@H]2C)c1. The maximum absolute atomic E-state index is 13.1. The van der Waals surface area contributed by atoms with Gasteiger partial charge >= 0.3 is 0 Å². The summed E-state index contributed by atoms with van der Waals surface area (Å²) >= 11 is 0. The van der Waals surface area contributed by atoms with Crippen LogP contribution in [0.5, 0.6) is 11.5 Å². The highest BCUT2D eigenvalue weighted by Crippen LogP contribution is 2.34. The maximum Gasteiger partial charge on any atom is 0.269 e. The largest absolute Gasteiger partial charge is 0.482 e. The van der Waals surface area contributed by atoms with E-state index in [1.807, 2.05) is 20.2 Å². The number of carbonyl (C=O) groups is 1. The molecular weight excluding hydrogens is 418 g/mol. The number of nitrogens with zero attached hydrogens (tertiary/aromatic N) is 2. The topological polar surface area (TPSA) is 88.2 Å². The highest BCUT2D eigenvalue weighted by Gasteiger charge is 2.34. The van der Waals surface area contributed by atoms with Gasteiger partial charge in [-0.1, -0.05) is 26.0 Å². The lowest BCUT2D eigenvalue weighted by molar-refractivity contribution is -0.128. The first-order valence-corrected chi connectivity index (χ1v) is 11.7. The molecule has 31 heavy (non-hydrogen) atoms. The second-order valence-electron chi connectivity index (χ2n) is 7.46. The van der Waals surface area contributed by atoms with Crippen LogP contribution in [0.4, 0.5) is 11.4 Å². The van der Waals surface area contributed by atoms with Crippen LogP contribution in [-0.4, -0.2) is 58.0 Å². The van der Waals surface area contributed by atoms with Crippen LogP contribution in [0.15, 0.2) is 47.4 Å². The fourth-order valence-electron chi connectivity index (χ4n) is 3.49. The Morgan fingerprint density at radius 3 is 2.23 bits per heavy atom. The molecule has 1 aliphatic rings. The Labute approximate surface area is 183 Å². The van der Waals surface area contributed by atoms with Gasteiger partial charge in [-0.05, 0) is 37.3 Å². The van der Waals surface area contributed by atoms with Crippen LogP contribution in [0.25, 0.3) is 0 Å². The first-order valence-electron chi connectivity index (χ1n) is 10.2. The third-order valence-corrected chi connectivity index (χ3v) is 7.20. The van der Waals surface area contributed by atoms with Gasteiger partial charge in [0.25, 0.3) is 5.91 Å². The van der Waals surface area contributed by atoms with Crippen molar-refractivity contribution in [2.75, 3.05) is 37.4 Å². The number of rotatable bonds is 7. The summed E-state index contributed by atoms with van der Waals surface area (Å²) in [5.74, 6) is 0.661. The molecule has 9 heteroatoms. The number of hydrogen-bond donors (Lipinski definition) is 1. The molecule has 0 unspecified atom stereocenters. The monoisotopic (exact) mass is 447 g/mol. The second-order valence-corrected chi connectivity index (χ2v) is 9.40. The van der Waals surface area contributed by atoms with Crippen molar-refractivity contribution in [3.8, 4) is 11.5 Å². The molecule has 0 aliphatic carbocycles. The Morgan fingerprint density at radius 2 is 1.65 bits per heavy atom. The molecule has 0 saturated heterocycles. The summed E-state index contributed by atoms with van der Waals surface area (Å²) in [4.78, 5) is 15.0. The number of benzene rings is 2. The molecule has 8 nitrogen and oxygen atoms in total. The lowest BCUT2D eigenvalue weighted by Gasteiger charge is -2.31. The van der Waals surface area contributed by atoms with Crippen molar-refractivity contribution in [2.24, 2.45) is 0 Å². The summed E-state index contributed by atoms with van der Waals surface area (Å²) in [6.07, 6.45) is -1.40. The fourth-order valence-corrected chi connectivity index (χ4v) is 4.97. The Balaban J connectivity index is 1.92. The van der Waals surface area contributed by atoms with Crippen molar-refractivity contribution < 1.29 is 22.7 Å². The predicted octanol–water partition coefficient (Wildman–Crippen LogP) is 2.95. The summed E-state index contributed by atoms with van der Waals surface area (Å²) in [6, 6.07) is 11.9. The molecule has 0 saturated carbocycles. The van der Waals surface area contributed by atoms with Gasteiger partial charge < -0.3 is 19.7 Å². The van der Waals surface area contributed by atoms with Crippen LogP contribution >= 0.6 is 0 Å². The van der Waals surface area contributed by atoms with Gasteiger partial charge in [-0.3, -0.25) is 4.79 Å². The number of sulfonamides is 1. The first-order chi connectivity index (χ1) is 14.7. The van der Waals surface area contributed by atoms with Crippen LogP contribution in [0.2, 0.25) is 0 Å². The Kier molecular flexibility index (Phi) is 6.76. The third kappa shape index (κ3) is 4.62. The molecule has 3 rings (SSSR count). The van der Waals surface area contributed by atoms with E-state index in [0.29, 0.717) is 36.0 Å². The van der Waals surface area contributed by atoms with Crippen molar-refractivity contribution in [3.63, 3.8) is 0 Å². The normalized spacial score (nSPS) is 18.0. The molecule has 0 fully saturated rings. The summed E-state index contributed by atoms with van der Waals surface area (Å²) in [5.41, 5.74) is 1.06. The molecule has 1 aliphatic heterocycles. The number of nitrogens with one attached hydrogen (secondary N) is 1. The molecule has 0 radical (unpaired) electrons. The fraction of sp³-hybridized carbons (Fsp3) is 0.409. The van der Waals surface area contributed by atoms with E-state index in [1.165, 1.54) is 10.4 Å². The Morgan fingerprint density at radius 1 is 1.03 bits per heavy atom. The zero-order valence-corrected chi connectivity index (χ0v) is 19.3. The maximum atomic E-state index is 13.1. The van der Waals surface area contributed by atoms with E-state index in [1.54, 1.807) is 56.0 Å². The molecule has 2 aromatic carbocycles. The van der Waals surface area contributed by atoms with Gasteiger partial charge in [0.15, 0.2) is 11.5 Å². The van der Waals surface area contributed by atoms with E-state index in [-0.39, 0.29) is 4.90 Å². The average Bonchev–Trinajstić information content (AvgIpc) is 2.73. The summed E-state index contributed by atoms with van der Waals surface area (Å²) < 4.78 is 39.0. The minimum Gasteiger partial charge on any atom is -0.482 e. The first kappa shape index (κ1) is 22.9. The second kappa shape index (κ2) is 9.15. The minimum absolute atomic E-state index is 0.122. The lowest BCUT2D eigenvalue weighted by Crippen LogP contribution is -2.46. The van der Waals surface area contributed by atoms with E-state index in [4.69, 9.17) is 9.47 Å². The molecule has 1 heterocycles. The van der Waals surface area contributed by atoms with Crippen LogP contribution in [0.3, 0.4) is 0 Å². The average molecular weight is 448 g/mol. The molecular formula is C22H29N3O5S. The standard InChI is InChI=1S/C22H29N3O5S/c1-6-25(7-2)31(27,28)16-12-13-18(24(4)5)17(14-16)23-22(26)21-15(3)29-19-10-8-9-11-20(19)30-21/h8-15,21H,6-7H2,1-5H3,(H,23,26)/t15-,21-/m1/s1. The van der Waals surface area contributed by atoms with Gasteiger partial charge in [-0.15, -0.1) is 0 Å². The van der Waals surface area contributed by atoms with E-state index in [0.717, 1.165) is 0 Å². The molecule has 168 valence electrons. The Bertz CT molecular complexity index is 1050. The number of fused-ring (bicyclic) bond motifs is 1. The number of para-hydroxylation sites is 2. The van der Waals surface area contributed by atoms with E-state index in [2.05, 4.69) is 5.32 Å². The zero-order chi connectivity index (χ0) is 22.8. The van der Waals surface area contributed by atoms with E-state index >= 15 is 0 Å². The summed E-state index contributed by atoms with van der Waals surface area (Å²) in [5, 5.41) is 2.84. The van der Waals surface area contributed by atoms with Crippen molar-refractivity contribution in [2.45, 2.75) is 37.9 Å². The molecule has 0 bridgehead atoms. The van der Waals surface area contributed by atoms with Gasteiger partial charge in [0.05, 0.1) is 16.3 Å². The Hall–Kier alpha value is -2.78. The summed E-state index contributed by atoms with van der Waals surface area (Å²) in [6.45, 7) is 6.06. The molecule has 0 spiro atoms. The molecule has 0 aromatic heterocycles. The molecule has 2 aromatic rings. The van der Waals surface area contributed by atoms with Crippen LogP contribution in [-0.2, 0) is 14.8 Å². The van der Waals surface area contributed by atoms with E-state index < -0.39 is 28.1 Å². The highest BCUT2D eigenvalue weighted by molar-refractivity contribution is 7.89. The van der Waals surface area contributed by atoms with Gasteiger partial charge in [0.1, 0.15) is 6.10 Å². The van der Waals surface area contributed by atoms with Crippen LogP contribution in [0.1, 0.15) is 20.8 Å². The lowest BCUT2D eigenvalue weighted by atomic mass is 10.1. The number of ether oxygens (including phenoxy) is 2. The van der Waals surface area contributed by atoms with Crippen LogP contribution < -0.4 is 19.7 Å². The third-order valence-electron chi connectivity index (χ3n) is 5.15. The quantitative estimate of drug-likeness (QED) is 0.702. The van der Waals surface area contributed by atoms with Gasteiger partial charge in [-0.2, -0.15) is 4.31 Å². The number of amides is 1. The van der Waals surface area contributed by atoms with Gasteiger partial charge in [0.2, 0.25) is 16.1 Å². The molecule has 1 amide bonds. The predicted molar refractivity (Wildman–Crippen MR) is 120 cm³/mol. The smallest absolute Gasteiger partial charge is 0.269 e. The summed E-state index contributed by atoms with van der Waals surface area (Å²) in [7, 11) is -0.0259. The van der Waals surface area contributed by atoms with E-state index in [9.17, 15) is 13.2 Å². The van der Waals surface area contributed by atoms with Crippen molar-refractivity contribution in [3.05, 3.63) is 42.5 Å². The minimum atomic E-state index is -3.67. The van der Waals surface area contributed by atoms with Crippen molar-refractivity contribution in [1.82, 2.24) is 4.31 Å². The number of anilines is 2. The number of carbonyl (C=O) groups excluding carboxylic acids is 1. The van der Waals surface area contributed by atoms with Crippen LogP contribution in [0, 0.1) is 0 Å². The number of hydrogen-bond acceptors (Lipinski definition) is 6.